The Kier molecular flexibility index (Phi) is 3.74. The third kappa shape index (κ3) is 2.43. The van der Waals surface area contributed by atoms with Gasteiger partial charge in [-0.25, -0.2) is 0 Å². The minimum Gasteiger partial charge on any atom is -0.378 e. The van der Waals surface area contributed by atoms with Crippen LogP contribution in [0.2, 0.25) is 0 Å². The molecule has 1 aromatic heterocycles. The fourth-order valence-electron chi connectivity index (χ4n) is 2.97. The minimum atomic E-state index is -0.0141. The zero-order chi connectivity index (χ0) is 13.9. The Bertz CT molecular complexity index is 605. The molecule has 2 aromatic rings. The number of hydrogen-bond donors (Lipinski definition) is 2. The highest BCUT2D eigenvalue weighted by atomic mass is 16.5. The molecule has 1 saturated heterocycles. The van der Waals surface area contributed by atoms with E-state index < -0.39 is 0 Å². The number of rotatable bonds is 4. The molecule has 2 heterocycles. The number of fused-ring (bicyclic) bond motifs is 1. The quantitative estimate of drug-likeness (QED) is 0.899. The molecule has 1 aliphatic rings. The van der Waals surface area contributed by atoms with Crippen molar-refractivity contribution in [3.63, 3.8) is 0 Å². The molecule has 4 heteroatoms. The molecular formula is C16H20N2O2. The Hall–Kier alpha value is -1.81. The lowest BCUT2D eigenvalue weighted by Crippen LogP contribution is -2.32. The van der Waals surface area contributed by atoms with E-state index in [1.54, 1.807) is 0 Å². The van der Waals surface area contributed by atoms with E-state index in [2.05, 4.69) is 17.2 Å². The van der Waals surface area contributed by atoms with Crippen LogP contribution < -0.4 is 5.32 Å². The molecule has 1 aromatic carbocycles. The number of benzene rings is 1. The van der Waals surface area contributed by atoms with Crippen LogP contribution in [0.15, 0.2) is 30.5 Å². The summed E-state index contributed by atoms with van der Waals surface area (Å²) in [4.78, 5) is 15.5. The van der Waals surface area contributed by atoms with Crippen LogP contribution in [0.1, 0.15) is 30.1 Å². The average Bonchev–Trinajstić information content (AvgIpc) is 3.12. The molecular weight excluding hydrogens is 252 g/mol. The first-order valence-corrected chi connectivity index (χ1v) is 7.25. The maximum absolute atomic E-state index is 12.3. The van der Waals surface area contributed by atoms with Crippen molar-refractivity contribution in [3.05, 3.63) is 36.0 Å². The molecule has 4 nitrogen and oxygen atoms in total. The summed E-state index contributed by atoms with van der Waals surface area (Å²) < 4.78 is 5.65. The second kappa shape index (κ2) is 5.67. The van der Waals surface area contributed by atoms with Crippen molar-refractivity contribution >= 4 is 16.8 Å². The fraction of sp³-hybridized carbons (Fsp3) is 0.438. The summed E-state index contributed by atoms with van der Waals surface area (Å²) in [5.74, 6) is 0.423. The average molecular weight is 272 g/mol. The number of hydrogen-bond acceptors (Lipinski definition) is 2. The monoisotopic (exact) mass is 272 g/mol. The Morgan fingerprint density at radius 3 is 3.20 bits per heavy atom. The molecule has 0 radical (unpaired) electrons. The van der Waals surface area contributed by atoms with Crippen molar-refractivity contribution < 1.29 is 9.53 Å². The highest BCUT2D eigenvalue weighted by molar-refractivity contribution is 6.05. The first-order chi connectivity index (χ1) is 9.79. The van der Waals surface area contributed by atoms with Gasteiger partial charge in [0.15, 0.2) is 0 Å². The van der Waals surface area contributed by atoms with E-state index in [0.717, 1.165) is 30.4 Å². The maximum atomic E-state index is 12.3. The Morgan fingerprint density at radius 1 is 1.45 bits per heavy atom. The van der Waals surface area contributed by atoms with E-state index >= 15 is 0 Å². The van der Waals surface area contributed by atoms with Crippen molar-refractivity contribution in [2.75, 3.05) is 13.2 Å². The number of aromatic amines is 1. The van der Waals surface area contributed by atoms with Crippen molar-refractivity contribution in [1.82, 2.24) is 10.3 Å². The lowest BCUT2D eigenvalue weighted by atomic mass is 9.99. The van der Waals surface area contributed by atoms with Crippen LogP contribution in [-0.4, -0.2) is 30.1 Å². The summed E-state index contributed by atoms with van der Waals surface area (Å²) in [5, 5.41) is 4.11. The largest absolute Gasteiger partial charge is 0.378 e. The van der Waals surface area contributed by atoms with E-state index in [1.165, 1.54) is 0 Å². The number of ether oxygens (including phenoxy) is 1. The van der Waals surface area contributed by atoms with Gasteiger partial charge in [0.2, 0.25) is 0 Å². The van der Waals surface area contributed by atoms with Gasteiger partial charge in [-0.05, 0) is 25.0 Å². The summed E-state index contributed by atoms with van der Waals surface area (Å²) in [6.45, 7) is 3.63. The van der Waals surface area contributed by atoms with Gasteiger partial charge in [0.25, 0.3) is 5.91 Å². The molecule has 106 valence electrons. The molecule has 1 fully saturated rings. The number of H-pyrrole nitrogens is 1. The van der Waals surface area contributed by atoms with Crippen molar-refractivity contribution in [3.8, 4) is 0 Å². The van der Waals surface area contributed by atoms with Crippen molar-refractivity contribution in [2.45, 2.75) is 25.9 Å². The van der Waals surface area contributed by atoms with E-state index in [4.69, 9.17) is 4.74 Å². The molecule has 20 heavy (non-hydrogen) atoms. The number of amides is 1. The van der Waals surface area contributed by atoms with Gasteiger partial charge in [-0.15, -0.1) is 0 Å². The molecule has 2 unspecified atom stereocenters. The minimum absolute atomic E-state index is 0.0141. The van der Waals surface area contributed by atoms with E-state index in [-0.39, 0.29) is 12.0 Å². The van der Waals surface area contributed by atoms with Crippen LogP contribution in [0.5, 0.6) is 0 Å². The second-order valence-electron chi connectivity index (χ2n) is 5.32. The lowest BCUT2D eigenvalue weighted by Gasteiger charge is -2.17. The van der Waals surface area contributed by atoms with Crippen LogP contribution in [0.25, 0.3) is 10.9 Å². The van der Waals surface area contributed by atoms with Crippen LogP contribution in [0.3, 0.4) is 0 Å². The number of carbonyl (C=O) groups excluding carboxylic acids is 1. The first kappa shape index (κ1) is 13.2. The molecule has 0 bridgehead atoms. The lowest BCUT2D eigenvalue weighted by molar-refractivity contribution is 0.0827. The fourth-order valence-corrected chi connectivity index (χ4v) is 2.97. The van der Waals surface area contributed by atoms with Crippen LogP contribution >= 0.6 is 0 Å². The van der Waals surface area contributed by atoms with Crippen molar-refractivity contribution in [2.24, 2.45) is 5.92 Å². The molecule has 2 N–H and O–H groups in total. The van der Waals surface area contributed by atoms with E-state index in [0.29, 0.717) is 18.0 Å². The summed E-state index contributed by atoms with van der Waals surface area (Å²) in [6, 6.07) is 7.75. The Balaban J connectivity index is 1.69. The molecule has 0 aliphatic carbocycles. The Morgan fingerprint density at radius 2 is 2.35 bits per heavy atom. The zero-order valence-corrected chi connectivity index (χ0v) is 11.7. The predicted octanol–water partition coefficient (Wildman–Crippen LogP) is 2.71. The number of para-hydroxylation sites is 1. The molecule has 1 amide bonds. The van der Waals surface area contributed by atoms with Crippen LogP contribution in [0.4, 0.5) is 0 Å². The highest BCUT2D eigenvalue weighted by Gasteiger charge is 2.27. The summed E-state index contributed by atoms with van der Waals surface area (Å²) in [5.41, 5.74) is 1.61. The standard InChI is InChI=1S/C16H20N2O2/c1-2-14-12(7-9-20-14)10-18-16(19)13-5-3-4-11-6-8-17-15(11)13/h3-6,8,12,14,17H,2,7,9-10H2,1H3,(H,18,19). The topological polar surface area (TPSA) is 54.1 Å². The van der Waals surface area contributed by atoms with Crippen molar-refractivity contribution in [1.29, 1.82) is 0 Å². The van der Waals surface area contributed by atoms with Crippen LogP contribution in [-0.2, 0) is 4.74 Å². The van der Waals surface area contributed by atoms with E-state index in [9.17, 15) is 4.79 Å². The first-order valence-electron chi connectivity index (χ1n) is 7.25. The number of carbonyl (C=O) groups is 1. The molecule has 0 spiro atoms. The SMILES string of the molecule is CCC1OCCC1CNC(=O)c1cccc2cc[nH]c12. The smallest absolute Gasteiger partial charge is 0.253 e. The van der Waals surface area contributed by atoms with Gasteiger partial charge in [0.05, 0.1) is 17.2 Å². The second-order valence-corrected chi connectivity index (χ2v) is 5.32. The van der Waals surface area contributed by atoms with Gasteiger partial charge in [0, 0.05) is 30.7 Å². The molecule has 1 aliphatic heterocycles. The summed E-state index contributed by atoms with van der Waals surface area (Å²) in [7, 11) is 0. The van der Waals surface area contributed by atoms with Gasteiger partial charge < -0.3 is 15.0 Å². The van der Waals surface area contributed by atoms with Gasteiger partial charge >= 0.3 is 0 Å². The number of nitrogens with one attached hydrogen (secondary N) is 2. The van der Waals surface area contributed by atoms with Gasteiger partial charge in [-0.3, -0.25) is 4.79 Å². The molecule has 0 saturated carbocycles. The predicted molar refractivity (Wildman–Crippen MR) is 78.8 cm³/mol. The van der Waals surface area contributed by atoms with Gasteiger partial charge in [0.1, 0.15) is 0 Å². The highest BCUT2D eigenvalue weighted by Crippen LogP contribution is 2.23. The summed E-state index contributed by atoms with van der Waals surface area (Å²) in [6.07, 6.45) is 4.19. The Labute approximate surface area is 118 Å². The molecule has 2 atom stereocenters. The van der Waals surface area contributed by atoms with Crippen LogP contribution in [0, 0.1) is 5.92 Å². The zero-order valence-electron chi connectivity index (χ0n) is 11.7. The number of aromatic nitrogens is 1. The normalized spacial score (nSPS) is 22.2. The molecule has 3 rings (SSSR count). The summed E-state index contributed by atoms with van der Waals surface area (Å²) >= 11 is 0. The maximum Gasteiger partial charge on any atom is 0.253 e. The third-order valence-electron chi connectivity index (χ3n) is 4.11. The van der Waals surface area contributed by atoms with Gasteiger partial charge in [-0.2, -0.15) is 0 Å². The van der Waals surface area contributed by atoms with Gasteiger partial charge in [-0.1, -0.05) is 19.1 Å². The third-order valence-corrected chi connectivity index (χ3v) is 4.11. The van der Waals surface area contributed by atoms with E-state index in [1.807, 2.05) is 30.5 Å².